The van der Waals surface area contributed by atoms with E-state index in [4.69, 9.17) is 0 Å². The highest BCUT2D eigenvalue weighted by Crippen LogP contribution is 2.42. The van der Waals surface area contributed by atoms with Gasteiger partial charge in [-0.05, 0) is 40.6 Å². The number of carbonyl (C=O) groups excluding carboxylic acids is 1. The molecule has 0 aromatic heterocycles. The number of hydrogen-bond donors (Lipinski definition) is 1. The molecule has 0 aliphatic heterocycles. The fraction of sp³-hybridized carbons (Fsp3) is 0.154. The SMILES string of the molecule is CN=C(Nc1c2c(c3c(ccc4ccccc43)c1C)C(=O)CC2)c1ccccc1. The highest BCUT2D eigenvalue weighted by atomic mass is 16.1. The van der Waals surface area contributed by atoms with Crippen molar-refractivity contribution in [2.24, 2.45) is 4.99 Å². The van der Waals surface area contributed by atoms with Crippen molar-refractivity contribution in [3.8, 4) is 0 Å². The van der Waals surface area contributed by atoms with E-state index in [9.17, 15) is 4.79 Å². The summed E-state index contributed by atoms with van der Waals surface area (Å²) in [4.78, 5) is 17.4. The molecular weight excluding hydrogens is 356 g/mol. The van der Waals surface area contributed by atoms with Crippen LogP contribution in [0, 0.1) is 6.92 Å². The fourth-order valence-corrected chi connectivity index (χ4v) is 4.55. The molecule has 0 unspecified atom stereocenters. The van der Waals surface area contributed by atoms with Crippen LogP contribution in [0.25, 0.3) is 21.5 Å². The molecule has 3 heteroatoms. The molecular formula is C26H22N2O. The zero-order valence-electron chi connectivity index (χ0n) is 16.6. The minimum absolute atomic E-state index is 0.235. The molecule has 1 aliphatic rings. The lowest BCUT2D eigenvalue weighted by Crippen LogP contribution is -2.16. The summed E-state index contributed by atoms with van der Waals surface area (Å²) in [5.41, 5.74) is 5.22. The maximum Gasteiger partial charge on any atom is 0.164 e. The number of nitrogens with zero attached hydrogens (tertiary/aromatic N) is 1. The van der Waals surface area contributed by atoms with Crippen molar-refractivity contribution in [1.29, 1.82) is 0 Å². The molecule has 0 atom stereocenters. The number of aliphatic imine (C=N–C) groups is 1. The number of carbonyl (C=O) groups is 1. The van der Waals surface area contributed by atoms with Crippen LogP contribution in [-0.4, -0.2) is 18.7 Å². The van der Waals surface area contributed by atoms with E-state index < -0.39 is 0 Å². The quantitative estimate of drug-likeness (QED) is 0.267. The minimum atomic E-state index is 0.235. The van der Waals surface area contributed by atoms with E-state index in [1.54, 1.807) is 7.05 Å². The van der Waals surface area contributed by atoms with Crippen molar-refractivity contribution in [3.05, 3.63) is 89.0 Å². The summed E-state index contributed by atoms with van der Waals surface area (Å²) in [7, 11) is 1.80. The topological polar surface area (TPSA) is 41.5 Å². The molecule has 0 spiro atoms. The lowest BCUT2D eigenvalue weighted by molar-refractivity contribution is 0.0996. The van der Waals surface area contributed by atoms with Gasteiger partial charge in [0.25, 0.3) is 0 Å². The van der Waals surface area contributed by atoms with Gasteiger partial charge >= 0.3 is 0 Å². The number of rotatable bonds is 2. The predicted octanol–water partition coefficient (Wildman–Crippen LogP) is 5.92. The molecule has 4 aromatic carbocycles. The monoisotopic (exact) mass is 378 g/mol. The van der Waals surface area contributed by atoms with E-state index in [0.717, 1.165) is 56.4 Å². The zero-order valence-corrected chi connectivity index (χ0v) is 16.6. The van der Waals surface area contributed by atoms with Gasteiger partial charge in [0.15, 0.2) is 5.78 Å². The molecule has 4 aromatic rings. The molecule has 5 rings (SSSR count). The highest BCUT2D eigenvalue weighted by Gasteiger charge is 2.28. The Kier molecular flexibility index (Phi) is 4.17. The molecule has 0 heterocycles. The Morgan fingerprint density at radius 1 is 0.897 bits per heavy atom. The number of Topliss-reactive ketones (excluding diaryl/α,β-unsaturated/α-hetero) is 1. The Hall–Kier alpha value is -3.46. The molecule has 3 nitrogen and oxygen atoms in total. The van der Waals surface area contributed by atoms with Crippen molar-refractivity contribution < 1.29 is 4.79 Å². The second-order valence-electron chi connectivity index (χ2n) is 7.55. The normalized spacial score (nSPS) is 13.9. The van der Waals surface area contributed by atoms with Gasteiger partial charge in [-0.2, -0.15) is 0 Å². The number of ketones is 1. The van der Waals surface area contributed by atoms with Gasteiger partial charge in [-0.15, -0.1) is 0 Å². The Balaban J connectivity index is 1.79. The minimum Gasteiger partial charge on any atom is -0.340 e. The van der Waals surface area contributed by atoms with E-state index in [2.05, 4.69) is 41.5 Å². The van der Waals surface area contributed by atoms with Crippen LogP contribution < -0.4 is 5.32 Å². The van der Waals surface area contributed by atoms with E-state index in [0.29, 0.717) is 6.42 Å². The Bertz CT molecular complexity index is 1300. The number of aryl methyl sites for hydroxylation is 1. The maximum absolute atomic E-state index is 13.0. The van der Waals surface area contributed by atoms with E-state index in [1.165, 1.54) is 5.39 Å². The van der Waals surface area contributed by atoms with Crippen LogP contribution >= 0.6 is 0 Å². The average Bonchev–Trinajstić information content (AvgIpc) is 3.15. The predicted molar refractivity (Wildman–Crippen MR) is 121 cm³/mol. The second kappa shape index (κ2) is 6.85. The Morgan fingerprint density at radius 3 is 2.45 bits per heavy atom. The van der Waals surface area contributed by atoms with Crippen LogP contribution in [0.2, 0.25) is 0 Å². The summed E-state index contributed by atoms with van der Waals surface area (Å²) in [5, 5.41) is 8.12. The van der Waals surface area contributed by atoms with Gasteiger partial charge in [-0.1, -0.05) is 66.7 Å². The molecule has 1 aliphatic carbocycles. The molecule has 0 radical (unpaired) electrons. The largest absolute Gasteiger partial charge is 0.340 e. The lowest BCUT2D eigenvalue weighted by atomic mass is 9.90. The van der Waals surface area contributed by atoms with Gasteiger partial charge in [-0.3, -0.25) is 9.79 Å². The van der Waals surface area contributed by atoms with Gasteiger partial charge in [0.05, 0.1) is 0 Å². The van der Waals surface area contributed by atoms with E-state index in [-0.39, 0.29) is 5.78 Å². The number of anilines is 1. The first kappa shape index (κ1) is 17.6. The number of benzene rings is 4. The average molecular weight is 378 g/mol. The number of amidine groups is 1. The summed E-state index contributed by atoms with van der Waals surface area (Å²) >= 11 is 0. The lowest BCUT2D eigenvalue weighted by Gasteiger charge is -2.20. The van der Waals surface area contributed by atoms with Crippen molar-refractivity contribution in [3.63, 3.8) is 0 Å². The summed E-state index contributed by atoms with van der Waals surface area (Å²) in [6.07, 6.45) is 1.33. The van der Waals surface area contributed by atoms with Gasteiger partial charge in [-0.25, -0.2) is 0 Å². The smallest absolute Gasteiger partial charge is 0.164 e. The Morgan fingerprint density at radius 2 is 1.66 bits per heavy atom. The first-order valence-corrected chi connectivity index (χ1v) is 9.98. The van der Waals surface area contributed by atoms with Crippen LogP contribution in [0.15, 0.2) is 71.7 Å². The first-order chi connectivity index (χ1) is 14.2. The van der Waals surface area contributed by atoms with Gasteiger partial charge < -0.3 is 5.32 Å². The van der Waals surface area contributed by atoms with E-state index in [1.807, 2.05) is 42.5 Å². The summed E-state index contributed by atoms with van der Waals surface area (Å²) in [6.45, 7) is 2.14. The highest BCUT2D eigenvalue weighted by molar-refractivity contribution is 6.23. The van der Waals surface area contributed by atoms with E-state index >= 15 is 0 Å². The molecule has 142 valence electrons. The van der Waals surface area contributed by atoms with Gasteiger partial charge in [0.2, 0.25) is 0 Å². The maximum atomic E-state index is 13.0. The summed E-state index contributed by atoms with van der Waals surface area (Å²) in [6, 6.07) is 22.7. The van der Waals surface area contributed by atoms with Crippen LogP contribution in [-0.2, 0) is 6.42 Å². The van der Waals surface area contributed by atoms with Crippen LogP contribution in [0.3, 0.4) is 0 Å². The van der Waals surface area contributed by atoms with Crippen LogP contribution in [0.1, 0.15) is 33.5 Å². The molecule has 1 N–H and O–H groups in total. The zero-order chi connectivity index (χ0) is 20.0. The van der Waals surface area contributed by atoms with Crippen molar-refractivity contribution in [1.82, 2.24) is 0 Å². The molecule has 0 bridgehead atoms. The third-order valence-corrected chi connectivity index (χ3v) is 5.96. The number of nitrogens with one attached hydrogen (secondary N) is 1. The molecule has 0 saturated carbocycles. The van der Waals surface area contributed by atoms with Gasteiger partial charge in [0.1, 0.15) is 5.84 Å². The number of fused-ring (bicyclic) bond motifs is 5. The summed E-state index contributed by atoms with van der Waals surface area (Å²) < 4.78 is 0. The third-order valence-electron chi connectivity index (χ3n) is 5.96. The third kappa shape index (κ3) is 2.73. The first-order valence-electron chi connectivity index (χ1n) is 9.98. The standard InChI is InChI=1S/C26H22N2O/c1-16-19-13-12-17-8-6-7-11-20(17)23(19)24-21(14-15-22(24)29)25(16)28-26(27-2)18-9-4-3-5-10-18/h3-13H,14-15H2,1-2H3,(H,27,28). The van der Waals surface area contributed by atoms with Crippen molar-refractivity contribution >= 4 is 38.9 Å². The van der Waals surface area contributed by atoms with Crippen molar-refractivity contribution in [2.45, 2.75) is 19.8 Å². The second-order valence-corrected chi connectivity index (χ2v) is 7.55. The summed E-state index contributed by atoms with van der Waals surface area (Å²) in [5.74, 6) is 1.05. The molecule has 29 heavy (non-hydrogen) atoms. The van der Waals surface area contributed by atoms with Gasteiger partial charge in [0, 0.05) is 35.7 Å². The van der Waals surface area contributed by atoms with Crippen LogP contribution in [0.5, 0.6) is 0 Å². The fourth-order valence-electron chi connectivity index (χ4n) is 4.55. The van der Waals surface area contributed by atoms with Crippen LogP contribution in [0.4, 0.5) is 5.69 Å². The molecule has 0 saturated heterocycles. The number of hydrogen-bond acceptors (Lipinski definition) is 2. The molecule has 0 amide bonds. The molecule has 0 fully saturated rings. The Labute approximate surface area is 170 Å². The van der Waals surface area contributed by atoms with Crippen molar-refractivity contribution in [2.75, 3.05) is 12.4 Å².